The topological polar surface area (TPSA) is 44.1 Å². The van der Waals surface area contributed by atoms with Gasteiger partial charge in [0, 0.05) is 13.2 Å². The van der Waals surface area contributed by atoms with Gasteiger partial charge in [-0.2, -0.15) is 5.10 Å². The maximum absolute atomic E-state index is 12.3. The molecule has 2 heterocycles. The van der Waals surface area contributed by atoms with Gasteiger partial charge in [0.15, 0.2) is 0 Å². The molecule has 0 aromatic carbocycles. The lowest BCUT2D eigenvalue weighted by Gasteiger charge is -2.21. The van der Waals surface area contributed by atoms with Gasteiger partial charge in [-0.15, -0.1) is 0 Å². The standard InChI is InChI=1S/C12H17ClN2O2/c1-2-6-15-11(9(13)8-14-15)12(16)10-5-3-4-7-17-10/h8,10H,2-7H2,1H3. The predicted molar refractivity (Wildman–Crippen MR) is 65.4 cm³/mol. The number of Topliss-reactive ketones (excluding diaryl/α,β-unsaturated/α-hetero) is 1. The van der Waals surface area contributed by atoms with E-state index in [1.165, 1.54) is 6.20 Å². The maximum atomic E-state index is 12.3. The molecule has 1 aromatic rings. The molecule has 2 rings (SSSR count). The van der Waals surface area contributed by atoms with Gasteiger partial charge in [0.25, 0.3) is 0 Å². The summed E-state index contributed by atoms with van der Waals surface area (Å²) in [6, 6.07) is 0. The van der Waals surface area contributed by atoms with Gasteiger partial charge in [0.05, 0.1) is 11.2 Å². The molecule has 1 atom stereocenters. The summed E-state index contributed by atoms with van der Waals surface area (Å²) in [6.07, 6.45) is 4.97. The molecule has 0 bridgehead atoms. The molecular formula is C12H17ClN2O2. The normalized spacial score (nSPS) is 20.5. The lowest BCUT2D eigenvalue weighted by molar-refractivity contribution is 0.0179. The molecule has 0 N–H and O–H groups in total. The van der Waals surface area contributed by atoms with Crippen LogP contribution in [0.1, 0.15) is 43.1 Å². The molecule has 0 aliphatic carbocycles. The van der Waals surface area contributed by atoms with Crippen molar-refractivity contribution in [1.29, 1.82) is 0 Å². The minimum Gasteiger partial charge on any atom is -0.370 e. The predicted octanol–water partition coefficient (Wildman–Crippen LogP) is 2.70. The van der Waals surface area contributed by atoms with E-state index >= 15 is 0 Å². The molecule has 1 aliphatic heterocycles. The van der Waals surface area contributed by atoms with Crippen molar-refractivity contribution >= 4 is 17.4 Å². The molecule has 1 saturated heterocycles. The third-order valence-corrected chi connectivity index (χ3v) is 3.21. The lowest BCUT2D eigenvalue weighted by atomic mass is 10.0. The smallest absolute Gasteiger partial charge is 0.211 e. The van der Waals surface area contributed by atoms with Crippen LogP contribution in [0.4, 0.5) is 0 Å². The van der Waals surface area contributed by atoms with Gasteiger partial charge >= 0.3 is 0 Å². The number of nitrogens with zero attached hydrogens (tertiary/aromatic N) is 2. The van der Waals surface area contributed by atoms with E-state index in [9.17, 15) is 4.79 Å². The highest BCUT2D eigenvalue weighted by Gasteiger charge is 2.27. The van der Waals surface area contributed by atoms with Crippen molar-refractivity contribution in [1.82, 2.24) is 9.78 Å². The number of ketones is 1. The largest absolute Gasteiger partial charge is 0.370 e. The molecule has 5 heteroatoms. The van der Waals surface area contributed by atoms with E-state index < -0.39 is 0 Å². The number of aryl methyl sites for hydroxylation is 1. The third kappa shape index (κ3) is 2.69. The molecule has 1 aliphatic rings. The zero-order valence-corrected chi connectivity index (χ0v) is 10.7. The van der Waals surface area contributed by atoms with Crippen LogP contribution >= 0.6 is 11.6 Å². The molecule has 1 fully saturated rings. The molecule has 0 saturated carbocycles. The summed E-state index contributed by atoms with van der Waals surface area (Å²) in [5.74, 6) is -0.0272. The van der Waals surface area contributed by atoms with Crippen LogP contribution in [0.3, 0.4) is 0 Å². The van der Waals surface area contributed by atoms with Crippen molar-refractivity contribution in [3.8, 4) is 0 Å². The van der Waals surface area contributed by atoms with E-state index in [-0.39, 0.29) is 11.9 Å². The molecular weight excluding hydrogens is 240 g/mol. The zero-order chi connectivity index (χ0) is 12.3. The van der Waals surface area contributed by atoms with Crippen molar-refractivity contribution in [2.45, 2.75) is 45.3 Å². The summed E-state index contributed by atoms with van der Waals surface area (Å²) in [7, 11) is 0. The van der Waals surface area contributed by atoms with E-state index in [0.717, 1.165) is 25.7 Å². The van der Waals surface area contributed by atoms with Crippen molar-refractivity contribution in [2.24, 2.45) is 0 Å². The van der Waals surface area contributed by atoms with Crippen LogP contribution < -0.4 is 0 Å². The third-order valence-electron chi connectivity index (χ3n) is 2.94. The first-order valence-electron chi connectivity index (χ1n) is 6.11. The Morgan fingerprint density at radius 2 is 2.47 bits per heavy atom. The highest BCUT2D eigenvalue weighted by Crippen LogP contribution is 2.22. The van der Waals surface area contributed by atoms with Gasteiger partial charge in [0.2, 0.25) is 5.78 Å². The highest BCUT2D eigenvalue weighted by atomic mass is 35.5. The Kier molecular flexibility index (Phi) is 4.18. The molecule has 0 amide bonds. The molecule has 17 heavy (non-hydrogen) atoms. The minimum absolute atomic E-state index is 0.0272. The Hall–Kier alpha value is -0.870. The second-order valence-corrected chi connectivity index (χ2v) is 4.69. The first-order chi connectivity index (χ1) is 8.24. The van der Waals surface area contributed by atoms with Gasteiger partial charge < -0.3 is 4.74 Å². The fourth-order valence-electron chi connectivity index (χ4n) is 2.09. The second kappa shape index (κ2) is 5.65. The van der Waals surface area contributed by atoms with Gasteiger partial charge in [-0.25, -0.2) is 0 Å². The number of hydrogen-bond donors (Lipinski definition) is 0. The summed E-state index contributed by atoms with van der Waals surface area (Å²) in [4.78, 5) is 12.3. The second-order valence-electron chi connectivity index (χ2n) is 4.28. The van der Waals surface area contributed by atoms with Crippen LogP contribution in [0.15, 0.2) is 6.20 Å². The van der Waals surface area contributed by atoms with Crippen molar-refractivity contribution in [2.75, 3.05) is 6.61 Å². The fraction of sp³-hybridized carbons (Fsp3) is 0.667. The van der Waals surface area contributed by atoms with Crippen LogP contribution in [-0.4, -0.2) is 28.3 Å². The number of ether oxygens (including phenoxy) is 1. The van der Waals surface area contributed by atoms with Gasteiger partial charge in [0.1, 0.15) is 11.8 Å². The van der Waals surface area contributed by atoms with E-state index in [2.05, 4.69) is 5.10 Å². The summed E-state index contributed by atoms with van der Waals surface area (Å²) < 4.78 is 7.19. The average Bonchev–Trinajstić information content (AvgIpc) is 2.71. The number of rotatable bonds is 4. The Balaban J connectivity index is 2.19. The van der Waals surface area contributed by atoms with Crippen molar-refractivity contribution < 1.29 is 9.53 Å². The van der Waals surface area contributed by atoms with Crippen LogP contribution in [0.25, 0.3) is 0 Å². The monoisotopic (exact) mass is 256 g/mol. The van der Waals surface area contributed by atoms with Crippen molar-refractivity contribution in [3.05, 3.63) is 16.9 Å². The number of hydrogen-bond acceptors (Lipinski definition) is 3. The summed E-state index contributed by atoms with van der Waals surface area (Å²) in [5.41, 5.74) is 0.500. The number of carbonyl (C=O) groups excluding carboxylic acids is 1. The molecule has 1 unspecified atom stereocenters. The van der Waals surface area contributed by atoms with Crippen LogP contribution in [0.5, 0.6) is 0 Å². The van der Waals surface area contributed by atoms with Crippen LogP contribution in [0.2, 0.25) is 5.02 Å². The van der Waals surface area contributed by atoms with E-state index in [4.69, 9.17) is 16.3 Å². The Bertz CT molecular complexity index is 397. The van der Waals surface area contributed by atoms with E-state index in [1.54, 1.807) is 4.68 Å². The zero-order valence-electron chi connectivity index (χ0n) is 9.99. The SMILES string of the molecule is CCCn1ncc(Cl)c1C(=O)C1CCCCO1. The van der Waals surface area contributed by atoms with Crippen LogP contribution in [-0.2, 0) is 11.3 Å². The summed E-state index contributed by atoms with van der Waals surface area (Å²) >= 11 is 6.04. The fourth-order valence-corrected chi connectivity index (χ4v) is 2.32. The van der Waals surface area contributed by atoms with Crippen LogP contribution in [0, 0.1) is 0 Å². The first-order valence-corrected chi connectivity index (χ1v) is 6.49. The summed E-state index contributed by atoms with van der Waals surface area (Å²) in [5, 5.41) is 4.56. The Labute approximate surface area is 106 Å². The first kappa shape index (κ1) is 12.6. The Morgan fingerprint density at radius 1 is 1.65 bits per heavy atom. The van der Waals surface area contributed by atoms with Crippen molar-refractivity contribution in [3.63, 3.8) is 0 Å². The van der Waals surface area contributed by atoms with Gasteiger partial charge in [-0.3, -0.25) is 9.48 Å². The summed E-state index contributed by atoms with van der Waals surface area (Å²) in [6.45, 7) is 3.41. The minimum atomic E-state index is -0.339. The maximum Gasteiger partial charge on any atom is 0.211 e. The number of halogens is 1. The van der Waals surface area contributed by atoms with Gasteiger partial charge in [-0.05, 0) is 25.7 Å². The quantitative estimate of drug-likeness (QED) is 0.778. The number of carbonyl (C=O) groups is 1. The Morgan fingerprint density at radius 3 is 3.12 bits per heavy atom. The molecule has 0 spiro atoms. The molecule has 1 aromatic heterocycles. The lowest BCUT2D eigenvalue weighted by Crippen LogP contribution is -2.30. The van der Waals surface area contributed by atoms with Gasteiger partial charge in [-0.1, -0.05) is 18.5 Å². The number of aromatic nitrogens is 2. The van der Waals surface area contributed by atoms with E-state index in [0.29, 0.717) is 23.9 Å². The van der Waals surface area contributed by atoms with E-state index in [1.807, 2.05) is 6.92 Å². The highest BCUT2D eigenvalue weighted by molar-refractivity contribution is 6.33. The molecule has 4 nitrogen and oxygen atoms in total. The molecule has 0 radical (unpaired) electrons. The average molecular weight is 257 g/mol. The molecule has 94 valence electrons.